The summed E-state index contributed by atoms with van der Waals surface area (Å²) >= 11 is 0. The molecule has 1 rings (SSSR count). The maximum absolute atomic E-state index is 5.45. The van der Waals surface area contributed by atoms with Crippen molar-refractivity contribution < 1.29 is 0 Å². The molecule has 0 saturated heterocycles. The first-order chi connectivity index (χ1) is 5.83. The minimum absolute atomic E-state index is 1.02. The average Bonchev–Trinajstić information content (AvgIpc) is 2.16. The van der Waals surface area contributed by atoms with Crippen LogP contribution < -0.4 is 0 Å². The molecule has 0 aliphatic carbocycles. The third-order valence-electron chi connectivity index (χ3n) is 2.14. The standard InChI is InChI=1S/C12H14/c1-4-10-8-7-9-11(5-2)12(10)6-3/h3,7-9H,4-5H2,1-2H3. The number of benzene rings is 1. The van der Waals surface area contributed by atoms with Gasteiger partial charge in [0.1, 0.15) is 0 Å². The zero-order valence-corrected chi connectivity index (χ0v) is 7.72. The minimum atomic E-state index is 1.02. The summed E-state index contributed by atoms with van der Waals surface area (Å²) in [5.41, 5.74) is 3.68. The second kappa shape index (κ2) is 3.97. The van der Waals surface area contributed by atoms with Gasteiger partial charge in [-0.1, -0.05) is 38.0 Å². The molecular weight excluding hydrogens is 144 g/mol. The first-order valence-corrected chi connectivity index (χ1v) is 4.40. The van der Waals surface area contributed by atoms with Crippen LogP contribution >= 0.6 is 0 Å². The summed E-state index contributed by atoms with van der Waals surface area (Å²) in [7, 11) is 0. The summed E-state index contributed by atoms with van der Waals surface area (Å²) in [6, 6.07) is 6.29. The molecule has 0 unspecified atom stereocenters. The van der Waals surface area contributed by atoms with Crippen molar-refractivity contribution in [3.8, 4) is 12.3 Å². The van der Waals surface area contributed by atoms with Gasteiger partial charge in [-0.25, -0.2) is 0 Å². The van der Waals surface area contributed by atoms with Crippen molar-refractivity contribution in [2.75, 3.05) is 0 Å². The monoisotopic (exact) mass is 158 g/mol. The normalized spacial score (nSPS) is 9.42. The van der Waals surface area contributed by atoms with E-state index in [9.17, 15) is 0 Å². The molecule has 0 heteroatoms. The van der Waals surface area contributed by atoms with E-state index in [1.165, 1.54) is 11.1 Å². The predicted octanol–water partition coefficient (Wildman–Crippen LogP) is 2.79. The van der Waals surface area contributed by atoms with Crippen molar-refractivity contribution in [3.63, 3.8) is 0 Å². The fourth-order valence-electron chi connectivity index (χ4n) is 1.43. The van der Waals surface area contributed by atoms with Gasteiger partial charge in [-0.05, 0) is 24.0 Å². The Labute approximate surface area is 74.6 Å². The lowest BCUT2D eigenvalue weighted by Crippen LogP contribution is -1.93. The van der Waals surface area contributed by atoms with Crippen LogP contribution in [0.5, 0.6) is 0 Å². The Kier molecular flexibility index (Phi) is 2.94. The molecule has 0 aromatic heterocycles. The van der Waals surface area contributed by atoms with Gasteiger partial charge in [-0.3, -0.25) is 0 Å². The van der Waals surface area contributed by atoms with Crippen LogP contribution in [0.4, 0.5) is 0 Å². The van der Waals surface area contributed by atoms with Crippen LogP contribution in [0.15, 0.2) is 18.2 Å². The smallest absolute Gasteiger partial charge is 0.0306 e. The third kappa shape index (κ3) is 1.51. The molecule has 0 N–H and O–H groups in total. The summed E-state index contributed by atoms with van der Waals surface area (Å²) in [6.07, 6.45) is 7.49. The maximum Gasteiger partial charge on any atom is 0.0306 e. The van der Waals surface area contributed by atoms with Gasteiger partial charge in [0.2, 0.25) is 0 Å². The molecule has 1 aromatic rings. The molecule has 0 aliphatic heterocycles. The molecule has 0 fully saturated rings. The van der Waals surface area contributed by atoms with Gasteiger partial charge in [-0.2, -0.15) is 0 Å². The van der Waals surface area contributed by atoms with Crippen molar-refractivity contribution in [1.29, 1.82) is 0 Å². The van der Waals surface area contributed by atoms with Gasteiger partial charge in [-0.15, -0.1) is 6.42 Å². The van der Waals surface area contributed by atoms with E-state index in [2.05, 4.69) is 38.0 Å². The predicted molar refractivity (Wildman–Crippen MR) is 53.1 cm³/mol. The van der Waals surface area contributed by atoms with E-state index in [0.717, 1.165) is 18.4 Å². The highest BCUT2D eigenvalue weighted by atomic mass is 14.0. The molecule has 0 saturated carbocycles. The van der Waals surface area contributed by atoms with E-state index < -0.39 is 0 Å². The van der Waals surface area contributed by atoms with Crippen molar-refractivity contribution in [3.05, 3.63) is 34.9 Å². The van der Waals surface area contributed by atoms with Gasteiger partial charge in [0, 0.05) is 5.56 Å². The van der Waals surface area contributed by atoms with Crippen LogP contribution in [-0.4, -0.2) is 0 Å². The highest BCUT2D eigenvalue weighted by molar-refractivity contribution is 5.46. The van der Waals surface area contributed by atoms with E-state index in [0.29, 0.717) is 0 Å². The molecule has 0 bridgehead atoms. The van der Waals surface area contributed by atoms with Crippen LogP contribution in [-0.2, 0) is 12.8 Å². The van der Waals surface area contributed by atoms with Crippen LogP contribution in [0, 0.1) is 12.3 Å². The van der Waals surface area contributed by atoms with E-state index in [4.69, 9.17) is 6.42 Å². The molecule has 0 atom stereocenters. The molecule has 62 valence electrons. The Bertz CT molecular complexity index is 280. The van der Waals surface area contributed by atoms with Crippen LogP contribution in [0.25, 0.3) is 0 Å². The fraction of sp³-hybridized carbons (Fsp3) is 0.333. The zero-order chi connectivity index (χ0) is 8.97. The maximum atomic E-state index is 5.45. The molecule has 0 spiro atoms. The Hall–Kier alpha value is -1.22. The quantitative estimate of drug-likeness (QED) is 0.580. The van der Waals surface area contributed by atoms with Gasteiger partial charge in [0.25, 0.3) is 0 Å². The summed E-state index contributed by atoms with van der Waals surface area (Å²) in [4.78, 5) is 0. The van der Waals surface area contributed by atoms with Crippen LogP contribution in [0.3, 0.4) is 0 Å². The first kappa shape index (κ1) is 8.87. The van der Waals surface area contributed by atoms with Gasteiger partial charge in [0.05, 0.1) is 0 Å². The molecule has 1 aromatic carbocycles. The summed E-state index contributed by atoms with van der Waals surface area (Å²) in [5, 5.41) is 0. The number of hydrogen-bond acceptors (Lipinski definition) is 0. The van der Waals surface area contributed by atoms with E-state index in [1.54, 1.807) is 0 Å². The third-order valence-corrected chi connectivity index (χ3v) is 2.14. The fourth-order valence-corrected chi connectivity index (χ4v) is 1.43. The molecule has 0 heterocycles. The Morgan fingerprint density at radius 3 is 2.00 bits per heavy atom. The van der Waals surface area contributed by atoms with Crippen LogP contribution in [0.1, 0.15) is 30.5 Å². The Balaban J connectivity index is 3.25. The van der Waals surface area contributed by atoms with Crippen molar-refractivity contribution >= 4 is 0 Å². The van der Waals surface area contributed by atoms with E-state index in [-0.39, 0.29) is 0 Å². The summed E-state index contributed by atoms with van der Waals surface area (Å²) in [6.45, 7) is 4.27. The Morgan fingerprint density at radius 2 is 1.67 bits per heavy atom. The number of rotatable bonds is 2. The minimum Gasteiger partial charge on any atom is -0.115 e. The largest absolute Gasteiger partial charge is 0.115 e. The summed E-state index contributed by atoms with van der Waals surface area (Å²) < 4.78 is 0. The van der Waals surface area contributed by atoms with Gasteiger partial charge >= 0.3 is 0 Å². The van der Waals surface area contributed by atoms with Crippen molar-refractivity contribution in [2.45, 2.75) is 26.7 Å². The van der Waals surface area contributed by atoms with Gasteiger partial charge in [0.15, 0.2) is 0 Å². The van der Waals surface area contributed by atoms with Crippen molar-refractivity contribution in [1.82, 2.24) is 0 Å². The Morgan fingerprint density at radius 1 is 1.17 bits per heavy atom. The zero-order valence-electron chi connectivity index (χ0n) is 7.72. The highest BCUT2D eigenvalue weighted by Gasteiger charge is 2.01. The molecule has 0 aliphatic rings. The lowest BCUT2D eigenvalue weighted by molar-refractivity contribution is 1.07. The number of aryl methyl sites for hydroxylation is 2. The van der Waals surface area contributed by atoms with E-state index in [1.807, 2.05) is 0 Å². The second-order valence-electron chi connectivity index (χ2n) is 2.80. The molecule has 0 nitrogen and oxygen atoms in total. The van der Waals surface area contributed by atoms with Crippen molar-refractivity contribution in [2.24, 2.45) is 0 Å². The average molecular weight is 158 g/mol. The SMILES string of the molecule is C#Cc1c(CC)cccc1CC. The molecule has 12 heavy (non-hydrogen) atoms. The summed E-state index contributed by atoms with van der Waals surface area (Å²) in [5.74, 6) is 2.77. The second-order valence-corrected chi connectivity index (χ2v) is 2.80. The topological polar surface area (TPSA) is 0 Å². The first-order valence-electron chi connectivity index (χ1n) is 4.40. The highest BCUT2D eigenvalue weighted by Crippen LogP contribution is 2.14. The number of terminal acetylenes is 1. The lowest BCUT2D eigenvalue weighted by atomic mass is 9.98. The molecular formula is C12H14. The number of hydrogen-bond donors (Lipinski definition) is 0. The lowest BCUT2D eigenvalue weighted by Gasteiger charge is -2.06. The van der Waals surface area contributed by atoms with Crippen LogP contribution in [0.2, 0.25) is 0 Å². The van der Waals surface area contributed by atoms with Gasteiger partial charge < -0.3 is 0 Å². The molecule has 0 amide bonds. The molecule has 0 radical (unpaired) electrons. The van der Waals surface area contributed by atoms with E-state index >= 15 is 0 Å².